The summed E-state index contributed by atoms with van der Waals surface area (Å²) in [6.07, 6.45) is 1.06. The van der Waals surface area contributed by atoms with E-state index in [4.69, 9.17) is 0 Å². The van der Waals surface area contributed by atoms with E-state index in [9.17, 15) is 22.8 Å². The number of benzene rings is 2. The SMILES string of the molecule is CC[C@H](C)NC(=O)[C@H](CC)N(Cc1cccc(C)c1)C(=O)CN1C(=O)c2ccccc2S1(=O)=O. The topological polar surface area (TPSA) is 104 Å². The van der Waals surface area contributed by atoms with E-state index in [-0.39, 0.29) is 29.0 Å². The van der Waals surface area contributed by atoms with Gasteiger partial charge in [0.15, 0.2) is 0 Å². The van der Waals surface area contributed by atoms with Crippen molar-refractivity contribution in [1.82, 2.24) is 14.5 Å². The summed E-state index contributed by atoms with van der Waals surface area (Å²) in [5.41, 5.74) is 1.85. The number of hydrogen-bond acceptors (Lipinski definition) is 5. The van der Waals surface area contributed by atoms with Crippen molar-refractivity contribution in [1.29, 1.82) is 0 Å². The summed E-state index contributed by atoms with van der Waals surface area (Å²) in [6, 6.07) is 12.5. The van der Waals surface area contributed by atoms with Gasteiger partial charge in [-0.25, -0.2) is 12.7 Å². The van der Waals surface area contributed by atoms with E-state index >= 15 is 0 Å². The van der Waals surface area contributed by atoms with E-state index in [1.54, 1.807) is 13.0 Å². The van der Waals surface area contributed by atoms with Gasteiger partial charge in [-0.05, 0) is 44.4 Å². The lowest BCUT2D eigenvalue weighted by molar-refractivity contribution is -0.141. The molecular formula is C25H31N3O5S. The van der Waals surface area contributed by atoms with Crippen LogP contribution in [0.3, 0.4) is 0 Å². The number of aryl methyl sites for hydroxylation is 1. The zero-order valence-electron chi connectivity index (χ0n) is 19.9. The monoisotopic (exact) mass is 485 g/mol. The second-order valence-corrected chi connectivity index (χ2v) is 10.4. The average Bonchev–Trinajstić information content (AvgIpc) is 2.99. The number of nitrogens with one attached hydrogen (secondary N) is 1. The first-order valence-corrected chi connectivity index (χ1v) is 12.9. The van der Waals surface area contributed by atoms with E-state index in [0.717, 1.165) is 17.5 Å². The van der Waals surface area contributed by atoms with Crippen LogP contribution in [0.15, 0.2) is 53.4 Å². The molecule has 1 heterocycles. The summed E-state index contributed by atoms with van der Waals surface area (Å²) in [7, 11) is -4.14. The third-order valence-corrected chi connectivity index (χ3v) is 7.80. The maximum atomic E-state index is 13.5. The second-order valence-electron chi connectivity index (χ2n) is 8.57. The number of hydrogen-bond donors (Lipinski definition) is 1. The van der Waals surface area contributed by atoms with Crippen LogP contribution in [0.5, 0.6) is 0 Å². The largest absolute Gasteiger partial charge is 0.352 e. The molecule has 0 aliphatic carbocycles. The molecular weight excluding hydrogens is 454 g/mol. The van der Waals surface area contributed by atoms with E-state index in [1.807, 2.05) is 45.0 Å². The molecule has 0 radical (unpaired) electrons. The number of carbonyl (C=O) groups excluding carboxylic acids is 3. The van der Waals surface area contributed by atoms with Gasteiger partial charge in [-0.1, -0.05) is 55.8 Å². The molecule has 0 fully saturated rings. The van der Waals surface area contributed by atoms with Crippen LogP contribution < -0.4 is 5.32 Å². The first-order chi connectivity index (χ1) is 16.1. The van der Waals surface area contributed by atoms with Gasteiger partial charge in [-0.15, -0.1) is 0 Å². The van der Waals surface area contributed by atoms with Crippen molar-refractivity contribution in [3.63, 3.8) is 0 Å². The van der Waals surface area contributed by atoms with Gasteiger partial charge in [0, 0.05) is 12.6 Å². The molecule has 2 aromatic rings. The van der Waals surface area contributed by atoms with Crippen LogP contribution in [0.4, 0.5) is 0 Å². The van der Waals surface area contributed by atoms with Crippen molar-refractivity contribution in [2.75, 3.05) is 6.54 Å². The molecule has 34 heavy (non-hydrogen) atoms. The molecule has 9 heteroatoms. The summed E-state index contributed by atoms with van der Waals surface area (Å²) in [6.45, 7) is 6.99. The Balaban J connectivity index is 1.93. The van der Waals surface area contributed by atoms with Crippen molar-refractivity contribution < 1.29 is 22.8 Å². The molecule has 1 aliphatic heterocycles. The average molecular weight is 486 g/mol. The molecule has 1 N–H and O–H groups in total. The van der Waals surface area contributed by atoms with Crippen molar-refractivity contribution in [2.45, 2.75) is 64.1 Å². The first-order valence-electron chi connectivity index (χ1n) is 11.4. The minimum Gasteiger partial charge on any atom is -0.352 e. The van der Waals surface area contributed by atoms with Gasteiger partial charge in [0.1, 0.15) is 17.5 Å². The molecule has 0 aromatic heterocycles. The van der Waals surface area contributed by atoms with Crippen LogP contribution in [0, 0.1) is 6.92 Å². The Morgan fingerprint density at radius 1 is 1.06 bits per heavy atom. The van der Waals surface area contributed by atoms with Gasteiger partial charge in [-0.3, -0.25) is 14.4 Å². The third-order valence-electron chi connectivity index (χ3n) is 6.01. The fourth-order valence-corrected chi connectivity index (χ4v) is 5.49. The van der Waals surface area contributed by atoms with E-state index < -0.39 is 34.4 Å². The molecule has 0 bridgehead atoms. The Labute approximate surface area is 201 Å². The van der Waals surface area contributed by atoms with Crippen molar-refractivity contribution in [3.05, 3.63) is 65.2 Å². The number of fused-ring (bicyclic) bond motifs is 1. The quantitative estimate of drug-likeness (QED) is 0.588. The zero-order valence-corrected chi connectivity index (χ0v) is 20.8. The maximum Gasteiger partial charge on any atom is 0.269 e. The molecule has 3 amide bonds. The highest BCUT2D eigenvalue weighted by molar-refractivity contribution is 7.90. The van der Waals surface area contributed by atoms with Gasteiger partial charge < -0.3 is 10.2 Å². The van der Waals surface area contributed by atoms with Gasteiger partial charge in [-0.2, -0.15) is 0 Å². The van der Waals surface area contributed by atoms with Crippen LogP contribution in [0.1, 0.15) is 55.1 Å². The highest BCUT2D eigenvalue weighted by atomic mass is 32.2. The smallest absolute Gasteiger partial charge is 0.269 e. The summed E-state index contributed by atoms with van der Waals surface area (Å²) in [4.78, 5) is 40.7. The predicted octanol–water partition coefficient (Wildman–Crippen LogP) is 2.86. The molecule has 0 spiro atoms. The summed E-state index contributed by atoms with van der Waals surface area (Å²) in [5, 5.41) is 2.91. The fourth-order valence-electron chi connectivity index (χ4n) is 3.97. The Morgan fingerprint density at radius 2 is 1.76 bits per heavy atom. The maximum absolute atomic E-state index is 13.5. The lowest BCUT2D eigenvalue weighted by Gasteiger charge is -2.32. The molecule has 0 unspecified atom stereocenters. The normalized spacial score (nSPS) is 16.0. The molecule has 8 nitrogen and oxygen atoms in total. The third kappa shape index (κ3) is 5.14. The molecule has 0 saturated heterocycles. The molecule has 2 atom stereocenters. The molecule has 1 aliphatic rings. The van der Waals surface area contributed by atoms with Crippen LogP contribution in [0.2, 0.25) is 0 Å². The number of amides is 3. The Morgan fingerprint density at radius 3 is 2.38 bits per heavy atom. The number of nitrogens with zero attached hydrogens (tertiary/aromatic N) is 2. The number of sulfonamides is 1. The molecule has 2 aromatic carbocycles. The zero-order chi connectivity index (χ0) is 25.0. The van der Waals surface area contributed by atoms with E-state index in [0.29, 0.717) is 10.7 Å². The van der Waals surface area contributed by atoms with Crippen LogP contribution in [-0.4, -0.2) is 54.0 Å². The lowest BCUT2D eigenvalue weighted by Crippen LogP contribution is -2.53. The van der Waals surface area contributed by atoms with Gasteiger partial charge >= 0.3 is 0 Å². The number of rotatable bonds is 9. The van der Waals surface area contributed by atoms with E-state index in [2.05, 4.69) is 5.32 Å². The highest BCUT2D eigenvalue weighted by Gasteiger charge is 2.43. The van der Waals surface area contributed by atoms with Gasteiger partial charge in [0.25, 0.3) is 15.9 Å². The van der Waals surface area contributed by atoms with Crippen LogP contribution >= 0.6 is 0 Å². The molecule has 0 saturated carbocycles. The lowest BCUT2D eigenvalue weighted by atomic mass is 10.1. The Hall–Kier alpha value is -3.20. The predicted molar refractivity (Wildman–Crippen MR) is 128 cm³/mol. The summed E-state index contributed by atoms with van der Waals surface area (Å²) < 4.78 is 26.5. The first kappa shape index (κ1) is 25.4. The Bertz CT molecular complexity index is 1190. The van der Waals surface area contributed by atoms with Gasteiger partial charge in [0.2, 0.25) is 11.8 Å². The second kappa shape index (κ2) is 10.4. The minimum absolute atomic E-state index is 0.0436. The van der Waals surface area contributed by atoms with Crippen LogP contribution in [0.25, 0.3) is 0 Å². The van der Waals surface area contributed by atoms with Gasteiger partial charge in [0.05, 0.1) is 5.56 Å². The highest BCUT2D eigenvalue weighted by Crippen LogP contribution is 2.30. The van der Waals surface area contributed by atoms with Crippen molar-refractivity contribution >= 4 is 27.7 Å². The minimum atomic E-state index is -4.14. The van der Waals surface area contributed by atoms with Crippen molar-refractivity contribution in [3.8, 4) is 0 Å². The Kier molecular flexibility index (Phi) is 7.76. The van der Waals surface area contributed by atoms with E-state index in [1.165, 1.54) is 23.1 Å². The fraction of sp³-hybridized carbons (Fsp3) is 0.400. The summed E-state index contributed by atoms with van der Waals surface area (Å²) in [5.74, 6) is -1.66. The van der Waals surface area contributed by atoms with Crippen LogP contribution in [-0.2, 0) is 26.2 Å². The molecule has 3 rings (SSSR count). The number of carbonyl (C=O) groups is 3. The molecule has 182 valence electrons. The van der Waals surface area contributed by atoms with Crippen molar-refractivity contribution in [2.24, 2.45) is 0 Å². The summed E-state index contributed by atoms with van der Waals surface area (Å²) >= 11 is 0. The standard InChI is InChI=1S/C25H31N3O5S/c1-5-18(4)26-24(30)21(6-2)27(15-19-11-9-10-17(3)14-19)23(29)16-28-25(31)20-12-7-8-13-22(20)34(28,32)33/h7-14,18,21H,5-6,15-16H2,1-4H3,(H,26,30)/t18-,21-/m0/s1.